The lowest BCUT2D eigenvalue weighted by Gasteiger charge is -2.04. The fraction of sp³-hybridized carbons (Fsp3) is 0.625. The zero-order valence-corrected chi connectivity index (χ0v) is 13.5. The molecule has 0 fully saturated rings. The molecule has 0 aliphatic rings. The number of hydrogen-bond donors (Lipinski definition) is 1. The van der Waals surface area contributed by atoms with Crippen molar-refractivity contribution in [3.63, 3.8) is 0 Å². The highest BCUT2D eigenvalue weighted by atomic mass is 16.5. The summed E-state index contributed by atoms with van der Waals surface area (Å²) >= 11 is 0. The van der Waals surface area contributed by atoms with Crippen molar-refractivity contribution in [1.29, 1.82) is 0 Å². The molecule has 0 aliphatic carbocycles. The molecule has 1 N–H and O–H groups in total. The molecular formula is C16H26N4O. The van der Waals surface area contributed by atoms with E-state index in [-0.39, 0.29) is 0 Å². The van der Waals surface area contributed by atoms with Gasteiger partial charge in [0.25, 0.3) is 0 Å². The summed E-state index contributed by atoms with van der Waals surface area (Å²) in [7, 11) is 0. The van der Waals surface area contributed by atoms with Crippen LogP contribution in [-0.2, 0) is 25.9 Å². The van der Waals surface area contributed by atoms with Crippen LogP contribution >= 0.6 is 0 Å². The predicted octanol–water partition coefficient (Wildman–Crippen LogP) is 2.79. The zero-order chi connectivity index (χ0) is 15.2. The highest BCUT2D eigenvalue weighted by Gasteiger charge is 2.10. The van der Waals surface area contributed by atoms with Crippen molar-refractivity contribution >= 4 is 0 Å². The van der Waals surface area contributed by atoms with Crippen molar-refractivity contribution in [3.05, 3.63) is 35.0 Å². The molecule has 0 aromatic carbocycles. The Morgan fingerprint density at radius 3 is 2.67 bits per heavy atom. The van der Waals surface area contributed by atoms with E-state index in [4.69, 9.17) is 4.52 Å². The summed E-state index contributed by atoms with van der Waals surface area (Å²) in [5.41, 5.74) is 3.32. The van der Waals surface area contributed by atoms with Crippen LogP contribution in [0, 0.1) is 5.92 Å². The van der Waals surface area contributed by atoms with Gasteiger partial charge in [0.2, 0.25) is 0 Å². The second-order valence-electron chi connectivity index (χ2n) is 5.80. The van der Waals surface area contributed by atoms with Crippen LogP contribution in [0.3, 0.4) is 0 Å². The Morgan fingerprint density at radius 2 is 2.00 bits per heavy atom. The lowest BCUT2D eigenvalue weighted by molar-refractivity contribution is 0.362. The van der Waals surface area contributed by atoms with Crippen LogP contribution in [0.25, 0.3) is 0 Å². The van der Waals surface area contributed by atoms with E-state index in [2.05, 4.69) is 49.3 Å². The molecule has 21 heavy (non-hydrogen) atoms. The molecule has 0 atom stereocenters. The van der Waals surface area contributed by atoms with E-state index in [1.165, 1.54) is 5.69 Å². The third-order valence-electron chi connectivity index (χ3n) is 3.41. The van der Waals surface area contributed by atoms with E-state index in [9.17, 15) is 0 Å². The zero-order valence-electron chi connectivity index (χ0n) is 13.5. The maximum atomic E-state index is 5.42. The van der Waals surface area contributed by atoms with E-state index in [1.54, 1.807) is 0 Å². The molecule has 0 amide bonds. The molecule has 0 unspecified atom stereocenters. The van der Waals surface area contributed by atoms with Gasteiger partial charge in [0, 0.05) is 18.3 Å². The van der Waals surface area contributed by atoms with Gasteiger partial charge in [-0.15, -0.1) is 0 Å². The summed E-state index contributed by atoms with van der Waals surface area (Å²) in [5.74, 6) is 1.50. The Bertz CT molecular complexity index is 556. The maximum Gasteiger partial charge on any atom is 0.158 e. The van der Waals surface area contributed by atoms with E-state index in [0.717, 1.165) is 43.1 Å². The number of aryl methyl sites for hydroxylation is 2. The number of hydrogen-bond acceptors (Lipinski definition) is 4. The Balaban J connectivity index is 1.97. The van der Waals surface area contributed by atoms with Crippen LogP contribution in [-0.4, -0.2) is 21.5 Å². The van der Waals surface area contributed by atoms with Gasteiger partial charge in [-0.05, 0) is 31.4 Å². The molecule has 5 heteroatoms. The van der Waals surface area contributed by atoms with Gasteiger partial charge in [0.1, 0.15) is 6.54 Å². The summed E-state index contributed by atoms with van der Waals surface area (Å²) in [6.45, 7) is 11.0. The van der Waals surface area contributed by atoms with Crippen molar-refractivity contribution < 1.29 is 4.52 Å². The van der Waals surface area contributed by atoms with Gasteiger partial charge in [-0.3, -0.25) is 4.68 Å². The summed E-state index contributed by atoms with van der Waals surface area (Å²) < 4.78 is 7.44. The third kappa shape index (κ3) is 4.43. The minimum Gasteiger partial charge on any atom is -0.359 e. The number of aromatic nitrogens is 3. The van der Waals surface area contributed by atoms with Crippen LogP contribution < -0.4 is 5.32 Å². The summed E-state index contributed by atoms with van der Waals surface area (Å²) in [5, 5.41) is 12.1. The van der Waals surface area contributed by atoms with Crippen molar-refractivity contribution in [2.24, 2.45) is 5.92 Å². The van der Waals surface area contributed by atoms with Gasteiger partial charge in [0.15, 0.2) is 5.76 Å². The predicted molar refractivity (Wildman–Crippen MR) is 83.1 cm³/mol. The highest BCUT2D eigenvalue weighted by Crippen LogP contribution is 2.11. The third-order valence-corrected chi connectivity index (χ3v) is 3.41. The lowest BCUT2D eigenvalue weighted by Crippen LogP contribution is -2.19. The average Bonchev–Trinajstić information content (AvgIpc) is 3.05. The SMILES string of the molecule is CCc1cc(CC)n(Cc2cc(CNCC(C)C)no2)n1. The van der Waals surface area contributed by atoms with Crippen molar-refractivity contribution in [2.75, 3.05) is 6.54 Å². The largest absolute Gasteiger partial charge is 0.359 e. The molecule has 2 aromatic rings. The maximum absolute atomic E-state index is 5.42. The second-order valence-corrected chi connectivity index (χ2v) is 5.80. The van der Waals surface area contributed by atoms with E-state index in [1.807, 2.05) is 10.7 Å². The van der Waals surface area contributed by atoms with Crippen LogP contribution in [0.5, 0.6) is 0 Å². The number of nitrogens with one attached hydrogen (secondary N) is 1. The minimum atomic E-state index is 0.639. The molecular weight excluding hydrogens is 264 g/mol. The summed E-state index contributed by atoms with van der Waals surface area (Å²) in [4.78, 5) is 0. The number of nitrogens with zero attached hydrogens (tertiary/aromatic N) is 3. The topological polar surface area (TPSA) is 55.9 Å². The van der Waals surface area contributed by atoms with Crippen LogP contribution in [0.2, 0.25) is 0 Å². The van der Waals surface area contributed by atoms with Gasteiger partial charge >= 0.3 is 0 Å². The first kappa shape index (κ1) is 15.8. The molecule has 2 aromatic heterocycles. The summed E-state index contributed by atoms with van der Waals surface area (Å²) in [6.07, 6.45) is 1.94. The van der Waals surface area contributed by atoms with Gasteiger partial charge in [-0.2, -0.15) is 5.10 Å². The molecule has 0 aliphatic heterocycles. The molecule has 0 saturated carbocycles. The molecule has 0 spiro atoms. The average molecular weight is 290 g/mol. The van der Waals surface area contributed by atoms with Gasteiger partial charge < -0.3 is 9.84 Å². The van der Waals surface area contributed by atoms with E-state index in [0.29, 0.717) is 12.5 Å². The minimum absolute atomic E-state index is 0.639. The normalized spacial score (nSPS) is 11.5. The molecule has 0 saturated heterocycles. The first-order valence-electron chi connectivity index (χ1n) is 7.83. The molecule has 2 rings (SSSR count). The van der Waals surface area contributed by atoms with Gasteiger partial charge in [-0.25, -0.2) is 0 Å². The quantitative estimate of drug-likeness (QED) is 0.812. The first-order valence-corrected chi connectivity index (χ1v) is 7.83. The van der Waals surface area contributed by atoms with Crippen LogP contribution in [0.15, 0.2) is 16.7 Å². The van der Waals surface area contributed by atoms with Crippen molar-refractivity contribution in [2.45, 2.75) is 53.6 Å². The molecule has 116 valence electrons. The molecule has 0 bridgehead atoms. The Kier molecular flexibility index (Phi) is 5.56. The van der Waals surface area contributed by atoms with Gasteiger partial charge in [0.05, 0.1) is 11.4 Å². The molecule has 2 heterocycles. The fourth-order valence-electron chi connectivity index (χ4n) is 2.26. The summed E-state index contributed by atoms with van der Waals surface area (Å²) in [6, 6.07) is 4.18. The molecule has 5 nitrogen and oxygen atoms in total. The Hall–Kier alpha value is -1.62. The second kappa shape index (κ2) is 7.41. The molecule has 0 radical (unpaired) electrons. The van der Waals surface area contributed by atoms with E-state index >= 15 is 0 Å². The van der Waals surface area contributed by atoms with Crippen LogP contribution in [0.1, 0.15) is 50.5 Å². The van der Waals surface area contributed by atoms with Gasteiger partial charge in [-0.1, -0.05) is 32.9 Å². The highest BCUT2D eigenvalue weighted by molar-refractivity contribution is 5.13. The van der Waals surface area contributed by atoms with Crippen LogP contribution in [0.4, 0.5) is 0 Å². The lowest BCUT2D eigenvalue weighted by atomic mass is 10.2. The van der Waals surface area contributed by atoms with Crippen molar-refractivity contribution in [3.8, 4) is 0 Å². The first-order chi connectivity index (χ1) is 10.1. The Labute approximate surface area is 126 Å². The Morgan fingerprint density at radius 1 is 1.19 bits per heavy atom. The smallest absolute Gasteiger partial charge is 0.158 e. The van der Waals surface area contributed by atoms with E-state index < -0.39 is 0 Å². The van der Waals surface area contributed by atoms with Crippen molar-refractivity contribution in [1.82, 2.24) is 20.3 Å². The standard InChI is InChI=1S/C16H26N4O/c1-5-13-7-15(6-2)20(18-13)11-16-8-14(19-21-16)10-17-9-12(3)4/h7-8,12,17H,5-6,9-11H2,1-4H3. The fourth-order valence-corrected chi connectivity index (χ4v) is 2.26. The number of rotatable bonds is 8. The monoisotopic (exact) mass is 290 g/mol.